The lowest BCUT2D eigenvalue weighted by Crippen LogP contribution is -2.58. The molecule has 0 bridgehead atoms. The molecule has 2 aromatic rings. The third-order valence-corrected chi connectivity index (χ3v) is 7.58. The van der Waals surface area contributed by atoms with Crippen LogP contribution in [-0.4, -0.2) is 40.5 Å². The molecule has 0 aliphatic heterocycles. The van der Waals surface area contributed by atoms with E-state index in [0.717, 1.165) is 30.4 Å². The number of anilines is 1. The van der Waals surface area contributed by atoms with Crippen molar-refractivity contribution in [3.05, 3.63) is 64.2 Å². The molecule has 2 N–H and O–H groups in total. The fourth-order valence-corrected chi connectivity index (χ4v) is 4.90. The third kappa shape index (κ3) is 7.75. The molecule has 1 fully saturated rings. The van der Waals surface area contributed by atoms with Gasteiger partial charge in [0, 0.05) is 6.04 Å². The molecular formula is C31H42ClN3O4. The standard InChI is InChI=1S/C31H42ClN3O4/c1-8-20(3)26(34-30(38)39-31(5,6)7)29(37)35(23-12-10-13-23)27(22-17-15-19(2)16-18-22)28(36)33-25-21(4)11-9-14-24(25)32/h9,11,14-18,20,23,26-27H,8,10,12-13H2,1-7H3,(H,33,36)(H,34,38). The number of alkyl carbamates (subject to hydrolysis) is 1. The van der Waals surface area contributed by atoms with Crippen LogP contribution in [0.5, 0.6) is 0 Å². The van der Waals surface area contributed by atoms with E-state index in [1.807, 2.05) is 64.1 Å². The molecule has 212 valence electrons. The molecule has 2 aromatic carbocycles. The Morgan fingerprint density at radius 2 is 1.72 bits per heavy atom. The number of aryl methyl sites for hydroxylation is 2. The molecule has 3 atom stereocenters. The monoisotopic (exact) mass is 555 g/mol. The van der Waals surface area contributed by atoms with Gasteiger partial charge in [0.05, 0.1) is 10.7 Å². The van der Waals surface area contributed by atoms with E-state index in [-0.39, 0.29) is 23.8 Å². The van der Waals surface area contributed by atoms with Crippen molar-refractivity contribution in [1.82, 2.24) is 10.2 Å². The summed E-state index contributed by atoms with van der Waals surface area (Å²) in [4.78, 5) is 43.0. The number of carbonyl (C=O) groups is 3. The van der Waals surface area contributed by atoms with Crippen molar-refractivity contribution in [2.24, 2.45) is 5.92 Å². The van der Waals surface area contributed by atoms with Gasteiger partial charge in [0.2, 0.25) is 5.91 Å². The maximum absolute atomic E-state index is 14.4. The molecule has 0 radical (unpaired) electrons. The highest BCUT2D eigenvalue weighted by Crippen LogP contribution is 2.36. The molecule has 7 nitrogen and oxygen atoms in total. The van der Waals surface area contributed by atoms with Gasteiger partial charge in [-0.3, -0.25) is 9.59 Å². The number of para-hydroxylation sites is 1. The lowest BCUT2D eigenvalue weighted by molar-refractivity contribution is -0.147. The molecule has 3 rings (SSSR count). The van der Waals surface area contributed by atoms with Crippen LogP contribution in [0.15, 0.2) is 42.5 Å². The zero-order valence-corrected chi connectivity index (χ0v) is 24.9. The van der Waals surface area contributed by atoms with E-state index in [2.05, 4.69) is 10.6 Å². The molecule has 0 heterocycles. The van der Waals surface area contributed by atoms with Gasteiger partial charge in [0.25, 0.3) is 5.91 Å². The number of hydrogen-bond acceptors (Lipinski definition) is 4. The number of benzene rings is 2. The van der Waals surface area contributed by atoms with Gasteiger partial charge in [0.1, 0.15) is 17.7 Å². The zero-order valence-electron chi connectivity index (χ0n) is 24.1. The summed E-state index contributed by atoms with van der Waals surface area (Å²) in [6, 6.07) is 11.2. The topological polar surface area (TPSA) is 87.7 Å². The predicted octanol–water partition coefficient (Wildman–Crippen LogP) is 6.96. The number of halogens is 1. The quantitative estimate of drug-likeness (QED) is 0.350. The second-order valence-electron chi connectivity index (χ2n) is 11.6. The van der Waals surface area contributed by atoms with Crippen molar-refractivity contribution in [2.75, 3.05) is 5.32 Å². The average Bonchev–Trinajstić information content (AvgIpc) is 2.82. The summed E-state index contributed by atoms with van der Waals surface area (Å²) < 4.78 is 5.49. The molecule has 1 saturated carbocycles. The first-order valence-electron chi connectivity index (χ1n) is 13.8. The molecule has 3 amide bonds. The number of nitrogens with zero attached hydrogens (tertiary/aromatic N) is 1. The Balaban J connectivity index is 2.06. The Hall–Kier alpha value is -3.06. The van der Waals surface area contributed by atoms with Gasteiger partial charge in [-0.25, -0.2) is 4.79 Å². The summed E-state index contributed by atoms with van der Waals surface area (Å²) in [6.45, 7) is 13.1. The Labute approximate surface area is 237 Å². The van der Waals surface area contributed by atoms with Gasteiger partial charge in [-0.15, -0.1) is 0 Å². The van der Waals surface area contributed by atoms with Gasteiger partial charge in [-0.2, -0.15) is 0 Å². The maximum Gasteiger partial charge on any atom is 0.408 e. The van der Waals surface area contributed by atoms with Crippen molar-refractivity contribution in [2.45, 2.75) is 97.9 Å². The summed E-state index contributed by atoms with van der Waals surface area (Å²) in [6.07, 6.45) is 2.54. The van der Waals surface area contributed by atoms with E-state index in [4.69, 9.17) is 16.3 Å². The van der Waals surface area contributed by atoms with E-state index >= 15 is 0 Å². The highest BCUT2D eigenvalue weighted by molar-refractivity contribution is 6.34. The van der Waals surface area contributed by atoms with Crippen LogP contribution in [0, 0.1) is 19.8 Å². The van der Waals surface area contributed by atoms with Crippen LogP contribution in [0.25, 0.3) is 0 Å². The summed E-state index contributed by atoms with van der Waals surface area (Å²) in [5, 5.41) is 6.26. The molecule has 8 heteroatoms. The predicted molar refractivity (Wildman–Crippen MR) is 156 cm³/mol. The number of ether oxygens (including phenoxy) is 1. The highest BCUT2D eigenvalue weighted by Gasteiger charge is 2.43. The Kier molecular flexibility index (Phi) is 10.1. The summed E-state index contributed by atoms with van der Waals surface area (Å²) >= 11 is 6.45. The van der Waals surface area contributed by atoms with Crippen LogP contribution in [0.2, 0.25) is 5.02 Å². The number of hydrogen-bond donors (Lipinski definition) is 2. The van der Waals surface area contributed by atoms with E-state index in [1.54, 1.807) is 31.7 Å². The van der Waals surface area contributed by atoms with Gasteiger partial charge in [-0.1, -0.05) is 73.8 Å². The molecule has 1 aliphatic carbocycles. The lowest BCUT2D eigenvalue weighted by atomic mass is 9.86. The van der Waals surface area contributed by atoms with Crippen molar-refractivity contribution < 1.29 is 19.1 Å². The molecule has 39 heavy (non-hydrogen) atoms. The molecule has 1 aliphatic rings. The van der Waals surface area contributed by atoms with E-state index < -0.39 is 23.8 Å². The van der Waals surface area contributed by atoms with E-state index in [1.165, 1.54) is 0 Å². The second kappa shape index (κ2) is 12.9. The van der Waals surface area contributed by atoms with E-state index in [9.17, 15) is 14.4 Å². The first-order chi connectivity index (χ1) is 18.3. The largest absolute Gasteiger partial charge is 0.444 e. The summed E-state index contributed by atoms with van der Waals surface area (Å²) in [5.41, 5.74) is 2.38. The smallest absolute Gasteiger partial charge is 0.408 e. The maximum atomic E-state index is 14.4. The number of carbonyl (C=O) groups excluding carboxylic acids is 3. The fourth-order valence-electron chi connectivity index (χ4n) is 4.63. The van der Waals surface area contributed by atoms with Crippen molar-refractivity contribution in [3.8, 4) is 0 Å². The Bertz CT molecular complexity index is 1150. The third-order valence-electron chi connectivity index (χ3n) is 7.26. The molecule has 0 saturated heterocycles. The molecule has 0 spiro atoms. The SMILES string of the molecule is CCC(C)C(NC(=O)OC(C)(C)C)C(=O)N(C1CCC1)C(C(=O)Nc1c(C)cccc1Cl)c1ccc(C)cc1. The Morgan fingerprint density at radius 1 is 1.08 bits per heavy atom. The van der Waals surface area contributed by atoms with Crippen molar-refractivity contribution >= 4 is 35.2 Å². The van der Waals surface area contributed by atoms with Crippen LogP contribution >= 0.6 is 11.6 Å². The number of rotatable bonds is 9. The minimum atomic E-state index is -0.911. The minimum Gasteiger partial charge on any atom is -0.444 e. The van der Waals surface area contributed by atoms with Gasteiger partial charge in [-0.05, 0) is 77.0 Å². The average molecular weight is 556 g/mol. The van der Waals surface area contributed by atoms with Crippen LogP contribution < -0.4 is 10.6 Å². The van der Waals surface area contributed by atoms with Gasteiger partial charge in [0.15, 0.2) is 0 Å². The number of amides is 3. The first kappa shape index (κ1) is 30.5. The van der Waals surface area contributed by atoms with Gasteiger partial charge < -0.3 is 20.3 Å². The fraction of sp³-hybridized carbons (Fsp3) is 0.516. The van der Waals surface area contributed by atoms with Crippen LogP contribution in [-0.2, 0) is 14.3 Å². The van der Waals surface area contributed by atoms with Crippen LogP contribution in [0.3, 0.4) is 0 Å². The van der Waals surface area contributed by atoms with Crippen LogP contribution in [0.4, 0.5) is 10.5 Å². The van der Waals surface area contributed by atoms with Gasteiger partial charge >= 0.3 is 6.09 Å². The normalized spacial score (nSPS) is 15.9. The number of nitrogens with one attached hydrogen (secondary N) is 2. The van der Waals surface area contributed by atoms with E-state index in [0.29, 0.717) is 22.7 Å². The summed E-state index contributed by atoms with van der Waals surface area (Å²) in [7, 11) is 0. The molecule has 0 aromatic heterocycles. The molecule has 3 unspecified atom stereocenters. The molecular weight excluding hydrogens is 514 g/mol. The van der Waals surface area contributed by atoms with Crippen molar-refractivity contribution in [1.29, 1.82) is 0 Å². The van der Waals surface area contributed by atoms with Crippen LogP contribution in [0.1, 0.15) is 83.0 Å². The minimum absolute atomic E-state index is 0.131. The Morgan fingerprint density at radius 3 is 2.23 bits per heavy atom. The second-order valence-corrected chi connectivity index (χ2v) is 12.0. The first-order valence-corrected chi connectivity index (χ1v) is 14.1. The summed E-state index contributed by atoms with van der Waals surface area (Å²) in [5.74, 6) is -0.827. The lowest BCUT2D eigenvalue weighted by Gasteiger charge is -2.44. The van der Waals surface area contributed by atoms with Crippen molar-refractivity contribution in [3.63, 3.8) is 0 Å². The zero-order chi connectivity index (χ0) is 28.9. The highest BCUT2D eigenvalue weighted by atomic mass is 35.5.